The number of likely N-dealkylation sites (N-methyl/N-ethyl adjacent to an activating group) is 1. The molecule has 4 nitrogen and oxygen atoms in total. The molecule has 0 aliphatic heterocycles. The monoisotopic (exact) mass is 473 g/mol. The lowest BCUT2D eigenvalue weighted by atomic mass is 9.95. The summed E-state index contributed by atoms with van der Waals surface area (Å²) in [5.41, 5.74) is 2.75. The third-order valence-electron chi connectivity index (χ3n) is 5.71. The number of halogens is 4. The number of carbonyl (C=O) groups excluding carboxylic acids is 1. The molecule has 0 radical (unpaired) electrons. The minimum atomic E-state index is -4.50. The standard InChI is InChI=1S/C26H27F4N3O/c1-16-4-8-19(9-5-16)24(25(34)31-3)33-22(20-10-11-21(27)17(2)14-20)12-6-18-7-13-23(32-15-18)26(28,29)30/h4-5,7-11,13-15,22,24,33H,6,12H2,1-3H3,(H,31,34)/t22-,24+/m1/s1. The Morgan fingerprint density at radius 3 is 2.24 bits per heavy atom. The molecule has 0 saturated heterocycles. The average Bonchev–Trinajstić information content (AvgIpc) is 2.81. The summed E-state index contributed by atoms with van der Waals surface area (Å²) >= 11 is 0. The van der Waals surface area contributed by atoms with Gasteiger partial charge in [0.1, 0.15) is 17.6 Å². The van der Waals surface area contributed by atoms with Crippen molar-refractivity contribution in [2.75, 3.05) is 7.05 Å². The first-order chi connectivity index (χ1) is 16.1. The number of alkyl halides is 3. The Balaban J connectivity index is 1.88. The van der Waals surface area contributed by atoms with E-state index in [1.54, 1.807) is 26.1 Å². The molecule has 0 aliphatic rings. The Morgan fingerprint density at radius 2 is 1.68 bits per heavy atom. The van der Waals surface area contributed by atoms with Crippen molar-refractivity contribution in [3.8, 4) is 0 Å². The molecular formula is C26H27F4N3O. The van der Waals surface area contributed by atoms with Gasteiger partial charge in [-0.15, -0.1) is 0 Å². The maximum absolute atomic E-state index is 13.9. The van der Waals surface area contributed by atoms with Crippen molar-refractivity contribution < 1.29 is 22.4 Å². The number of rotatable bonds is 8. The zero-order valence-corrected chi connectivity index (χ0v) is 19.2. The summed E-state index contributed by atoms with van der Waals surface area (Å²) < 4.78 is 52.4. The van der Waals surface area contributed by atoms with Crippen molar-refractivity contribution in [3.63, 3.8) is 0 Å². The maximum Gasteiger partial charge on any atom is 0.433 e. The fourth-order valence-electron chi connectivity index (χ4n) is 3.71. The zero-order chi connectivity index (χ0) is 24.9. The normalized spacial score (nSPS) is 13.4. The molecule has 1 aromatic heterocycles. The van der Waals surface area contributed by atoms with Gasteiger partial charge < -0.3 is 5.32 Å². The van der Waals surface area contributed by atoms with Gasteiger partial charge in [-0.1, -0.05) is 48.0 Å². The van der Waals surface area contributed by atoms with Gasteiger partial charge >= 0.3 is 6.18 Å². The van der Waals surface area contributed by atoms with Crippen molar-refractivity contribution in [2.45, 2.75) is 44.9 Å². The molecule has 180 valence electrons. The van der Waals surface area contributed by atoms with Crippen LogP contribution < -0.4 is 10.6 Å². The van der Waals surface area contributed by atoms with Gasteiger partial charge in [-0.2, -0.15) is 13.2 Å². The minimum absolute atomic E-state index is 0.233. The number of aromatic nitrogens is 1. The Kier molecular flexibility index (Phi) is 8.04. The lowest BCUT2D eigenvalue weighted by molar-refractivity contribution is -0.141. The van der Waals surface area contributed by atoms with Crippen LogP contribution in [0.15, 0.2) is 60.8 Å². The number of nitrogens with zero attached hydrogens (tertiary/aromatic N) is 1. The summed E-state index contributed by atoms with van der Waals surface area (Å²) in [7, 11) is 1.55. The second-order valence-corrected chi connectivity index (χ2v) is 8.27. The molecule has 3 aromatic rings. The second-order valence-electron chi connectivity index (χ2n) is 8.27. The first-order valence-corrected chi connectivity index (χ1v) is 10.9. The second kappa shape index (κ2) is 10.8. The summed E-state index contributed by atoms with van der Waals surface area (Å²) in [4.78, 5) is 16.3. The van der Waals surface area contributed by atoms with E-state index < -0.39 is 17.9 Å². The number of hydrogen-bond acceptors (Lipinski definition) is 3. The molecule has 0 aliphatic carbocycles. The number of amides is 1. The SMILES string of the molecule is CNC(=O)[C@@H](N[C@H](CCc1ccc(C(F)(F)F)nc1)c1ccc(F)c(C)c1)c1ccc(C)cc1. The molecule has 3 rings (SSSR count). The van der Waals surface area contributed by atoms with E-state index in [0.717, 1.165) is 22.8 Å². The first-order valence-electron chi connectivity index (χ1n) is 10.9. The van der Waals surface area contributed by atoms with Crippen LogP contribution in [0.5, 0.6) is 0 Å². The number of carbonyl (C=O) groups is 1. The van der Waals surface area contributed by atoms with Crippen LogP contribution in [0.25, 0.3) is 0 Å². The van der Waals surface area contributed by atoms with Crippen molar-refractivity contribution >= 4 is 5.91 Å². The van der Waals surface area contributed by atoms with Crippen LogP contribution in [-0.2, 0) is 17.4 Å². The molecule has 1 amide bonds. The van der Waals surface area contributed by atoms with E-state index in [4.69, 9.17) is 0 Å². The van der Waals surface area contributed by atoms with E-state index in [1.165, 1.54) is 18.3 Å². The number of nitrogens with one attached hydrogen (secondary N) is 2. The molecule has 2 atom stereocenters. The summed E-state index contributed by atoms with van der Waals surface area (Å²) in [6.45, 7) is 3.61. The van der Waals surface area contributed by atoms with Crippen LogP contribution in [0.1, 0.15) is 52.0 Å². The molecule has 34 heavy (non-hydrogen) atoms. The fourth-order valence-corrected chi connectivity index (χ4v) is 3.71. The van der Waals surface area contributed by atoms with E-state index in [9.17, 15) is 22.4 Å². The zero-order valence-electron chi connectivity index (χ0n) is 19.2. The number of pyridine rings is 1. The molecule has 2 aromatic carbocycles. The van der Waals surface area contributed by atoms with Crippen molar-refractivity contribution in [1.82, 2.24) is 15.6 Å². The van der Waals surface area contributed by atoms with Crippen molar-refractivity contribution in [3.05, 3.63) is 100 Å². The predicted molar refractivity (Wildman–Crippen MR) is 123 cm³/mol. The van der Waals surface area contributed by atoms with Gasteiger partial charge in [0.05, 0.1) is 0 Å². The highest BCUT2D eigenvalue weighted by atomic mass is 19.4. The summed E-state index contributed by atoms with van der Waals surface area (Å²) in [5, 5.41) is 6.05. The van der Waals surface area contributed by atoms with Gasteiger partial charge in [-0.3, -0.25) is 15.1 Å². The lowest BCUT2D eigenvalue weighted by Crippen LogP contribution is -2.38. The van der Waals surface area contributed by atoms with Crippen LogP contribution in [-0.4, -0.2) is 17.9 Å². The van der Waals surface area contributed by atoms with Crippen molar-refractivity contribution in [2.24, 2.45) is 0 Å². The summed E-state index contributed by atoms with van der Waals surface area (Å²) in [5.74, 6) is -0.570. The topological polar surface area (TPSA) is 54.0 Å². The number of hydrogen-bond donors (Lipinski definition) is 2. The van der Waals surface area contributed by atoms with Crippen molar-refractivity contribution in [1.29, 1.82) is 0 Å². The van der Waals surface area contributed by atoms with Crippen LogP contribution in [0.4, 0.5) is 17.6 Å². The van der Waals surface area contributed by atoms with Gasteiger partial charge in [0, 0.05) is 19.3 Å². The van der Waals surface area contributed by atoms with Crippen LogP contribution in [0.3, 0.4) is 0 Å². The van der Waals surface area contributed by atoms with E-state index in [-0.39, 0.29) is 17.8 Å². The number of benzene rings is 2. The lowest BCUT2D eigenvalue weighted by Gasteiger charge is -2.26. The number of aryl methyl sites for hydroxylation is 3. The van der Waals surface area contributed by atoms with E-state index in [0.29, 0.717) is 24.0 Å². The minimum Gasteiger partial charge on any atom is -0.358 e. The largest absolute Gasteiger partial charge is 0.433 e. The molecule has 0 fully saturated rings. The Bertz CT molecular complexity index is 1110. The third kappa shape index (κ3) is 6.41. The Morgan fingerprint density at radius 1 is 1.00 bits per heavy atom. The Hall–Kier alpha value is -3.26. The molecule has 0 saturated carbocycles. The highest BCUT2D eigenvalue weighted by Crippen LogP contribution is 2.29. The van der Waals surface area contributed by atoms with Gasteiger partial charge in [-0.05, 0) is 61.1 Å². The van der Waals surface area contributed by atoms with Crippen LogP contribution in [0.2, 0.25) is 0 Å². The van der Waals surface area contributed by atoms with Crippen LogP contribution >= 0.6 is 0 Å². The first kappa shape index (κ1) is 25.4. The molecule has 1 heterocycles. The van der Waals surface area contributed by atoms with E-state index in [2.05, 4.69) is 15.6 Å². The maximum atomic E-state index is 13.9. The van der Waals surface area contributed by atoms with Gasteiger partial charge in [0.2, 0.25) is 5.91 Å². The molecule has 8 heteroatoms. The predicted octanol–water partition coefficient (Wildman–Crippen LogP) is 5.61. The molecule has 0 bridgehead atoms. The summed E-state index contributed by atoms with van der Waals surface area (Å²) in [6.07, 6.45) is -2.42. The molecule has 2 N–H and O–H groups in total. The van der Waals surface area contributed by atoms with Gasteiger partial charge in [-0.25, -0.2) is 4.39 Å². The quantitative estimate of drug-likeness (QED) is 0.419. The highest BCUT2D eigenvalue weighted by molar-refractivity contribution is 5.83. The highest BCUT2D eigenvalue weighted by Gasteiger charge is 2.32. The van der Waals surface area contributed by atoms with Gasteiger partial charge in [0.15, 0.2) is 0 Å². The molecule has 0 spiro atoms. The fraction of sp³-hybridized carbons (Fsp3) is 0.308. The van der Waals surface area contributed by atoms with E-state index in [1.807, 2.05) is 31.2 Å². The smallest absolute Gasteiger partial charge is 0.358 e. The van der Waals surface area contributed by atoms with E-state index >= 15 is 0 Å². The third-order valence-corrected chi connectivity index (χ3v) is 5.71. The molecular weight excluding hydrogens is 446 g/mol. The molecule has 0 unspecified atom stereocenters. The van der Waals surface area contributed by atoms with Gasteiger partial charge in [0.25, 0.3) is 0 Å². The summed E-state index contributed by atoms with van der Waals surface area (Å²) in [6, 6.07) is 13.6. The van der Waals surface area contributed by atoms with Crippen LogP contribution in [0, 0.1) is 19.7 Å². The average molecular weight is 474 g/mol. The Labute approximate surface area is 196 Å².